The van der Waals surface area contributed by atoms with Crippen LogP contribution in [0.5, 0.6) is 0 Å². The number of aliphatic carboxylic acids is 1. The van der Waals surface area contributed by atoms with Gasteiger partial charge in [-0.15, -0.1) is 0 Å². The minimum Gasteiger partial charge on any atom is -0.481 e. The summed E-state index contributed by atoms with van der Waals surface area (Å²) in [5.74, 6) is -3.08. The summed E-state index contributed by atoms with van der Waals surface area (Å²) in [6, 6.07) is 9.20. The van der Waals surface area contributed by atoms with Crippen molar-refractivity contribution in [2.45, 2.75) is 18.2 Å². The smallest absolute Gasteiger partial charge is 0.307 e. The van der Waals surface area contributed by atoms with Crippen molar-refractivity contribution >= 4 is 34.6 Å². The van der Waals surface area contributed by atoms with Gasteiger partial charge in [0.1, 0.15) is 17.5 Å². The van der Waals surface area contributed by atoms with E-state index in [2.05, 4.69) is 0 Å². The van der Waals surface area contributed by atoms with Gasteiger partial charge in [0, 0.05) is 32.2 Å². The molecule has 0 atom stereocenters. The normalized spacial score (nSPS) is 14.6. The van der Waals surface area contributed by atoms with E-state index >= 15 is 0 Å². The van der Waals surface area contributed by atoms with Crippen molar-refractivity contribution in [3.8, 4) is 0 Å². The minimum absolute atomic E-state index is 0.243. The first-order chi connectivity index (χ1) is 15.7. The molecule has 0 bridgehead atoms. The average Bonchev–Trinajstić information content (AvgIpc) is 2.76. The van der Waals surface area contributed by atoms with Crippen LogP contribution in [0.3, 0.4) is 0 Å². The number of carboxylic acids is 1. The molecular formula is C24H21F3N2O3S. The molecule has 1 heterocycles. The molecule has 33 heavy (non-hydrogen) atoms. The molecule has 4 rings (SSSR count). The van der Waals surface area contributed by atoms with Gasteiger partial charge in [0.05, 0.1) is 16.9 Å². The van der Waals surface area contributed by atoms with Gasteiger partial charge in [-0.2, -0.15) is 0 Å². The maximum absolute atomic E-state index is 14.0. The van der Waals surface area contributed by atoms with Gasteiger partial charge in [0.25, 0.3) is 5.91 Å². The van der Waals surface area contributed by atoms with Crippen LogP contribution in [-0.4, -0.2) is 52.4 Å². The molecular weight excluding hydrogens is 453 g/mol. The van der Waals surface area contributed by atoms with E-state index in [1.54, 1.807) is 17.9 Å². The molecule has 5 nitrogen and oxygen atoms in total. The van der Waals surface area contributed by atoms with Gasteiger partial charge in [0.15, 0.2) is 0 Å². The Bertz CT molecular complexity index is 1240. The van der Waals surface area contributed by atoms with Crippen molar-refractivity contribution in [2.75, 3.05) is 26.2 Å². The van der Waals surface area contributed by atoms with Crippen molar-refractivity contribution in [1.82, 2.24) is 9.21 Å². The number of carboxylic acid groups (broad SMARTS) is 1. The van der Waals surface area contributed by atoms with E-state index < -0.39 is 23.4 Å². The third kappa shape index (κ3) is 4.99. The Morgan fingerprint density at radius 2 is 1.64 bits per heavy atom. The predicted octanol–water partition coefficient (Wildman–Crippen LogP) is 4.66. The van der Waals surface area contributed by atoms with E-state index in [1.807, 2.05) is 4.31 Å². The van der Waals surface area contributed by atoms with Gasteiger partial charge in [-0.25, -0.2) is 17.5 Å². The topological polar surface area (TPSA) is 60.9 Å². The second-order valence-corrected chi connectivity index (χ2v) is 9.00. The van der Waals surface area contributed by atoms with E-state index in [1.165, 1.54) is 42.3 Å². The lowest BCUT2D eigenvalue weighted by atomic mass is 9.92. The number of benzene rings is 3. The lowest BCUT2D eigenvalue weighted by Crippen LogP contribution is -2.46. The largest absolute Gasteiger partial charge is 0.481 e. The monoisotopic (exact) mass is 474 g/mol. The summed E-state index contributed by atoms with van der Waals surface area (Å²) in [5.41, 5.74) is 1.32. The molecule has 9 heteroatoms. The zero-order valence-electron chi connectivity index (χ0n) is 17.8. The fourth-order valence-corrected chi connectivity index (χ4v) is 4.88. The number of carbonyl (C=O) groups excluding carboxylic acids is 1. The second kappa shape index (κ2) is 9.44. The Balaban J connectivity index is 1.57. The third-order valence-electron chi connectivity index (χ3n) is 5.67. The van der Waals surface area contributed by atoms with Crippen LogP contribution in [0.1, 0.15) is 21.5 Å². The molecule has 1 N–H and O–H groups in total. The number of piperazine rings is 1. The van der Waals surface area contributed by atoms with Crippen molar-refractivity contribution in [2.24, 2.45) is 0 Å². The average molecular weight is 475 g/mol. The van der Waals surface area contributed by atoms with Crippen LogP contribution in [-0.2, 0) is 11.2 Å². The first kappa shape index (κ1) is 23.1. The summed E-state index contributed by atoms with van der Waals surface area (Å²) in [5, 5.41) is 10.3. The van der Waals surface area contributed by atoms with Crippen LogP contribution in [0.25, 0.3) is 10.8 Å². The number of amides is 1. The van der Waals surface area contributed by atoms with Crippen molar-refractivity contribution in [3.63, 3.8) is 0 Å². The van der Waals surface area contributed by atoms with Crippen molar-refractivity contribution in [1.29, 1.82) is 0 Å². The first-order valence-corrected chi connectivity index (χ1v) is 11.1. The molecule has 1 amide bonds. The lowest BCUT2D eigenvalue weighted by molar-refractivity contribution is -0.136. The van der Waals surface area contributed by atoms with Gasteiger partial charge >= 0.3 is 5.97 Å². The summed E-state index contributed by atoms with van der Waals surface area (Å²) in [4.78, 5) is 26.7. The first-order valence-electron chi connectivity index (χ1n) is 10.3. The standard InChI is InChI=1S/C24H21F3N2O3S/c1-14-16(11-22(30)31)10-15-2-3-17(25)12-19(15)23(14)24(32)28-6-8-29(9-7-28)33-21-5-4-18(26)13-20(21)27/h2-5,10,12-13H,6-9,11H2,1H3,(H,30,31). The van der Waals surface area contributed by atoms with Crippen molar-refractivity contribution in [3.05, 3.63) is 76.6 Å². The van der Waals surface area contributed by atoms with Crippen LogP contribution < -0.4 is 0 Å². The Morgan fingerprint density at radius 3 is 2.30 bits per heavy atom. The zero-order valence-corrected chi connectivity index (χ0v) is 18.6. The van der Waals surface area contributed by atoms with Gasteiger partial charge in [-0.1, -0.05) is 12.1 Å². The Labute approximate surface area is 192 Å². The summed E-state index contributed by atoms with van der Waals surface area (Å²) in [7, 11) is 0. The number of halogens is 3. The van der Waals surface area contributed by atoms with Crippen molar-refractivity contribution < 1.29 is 27.9 Å². The van der Waals surface area contributed by atoms with Crippen LogP contribution in [0, 0.1) is 24.4 Å². The van der Waals surface area contributed by atoms with Crippen LogP contribution >= 0.6 is 11.9 Å². The minimum atomic E-state index is -1.02. The zero-order chi connectivity index (χ0) is 23.7. The quantitative estimate of drug-likeness (QED) is 0.545. The molecule has 1 aliphatic rings. The molecule has 0 aliphatic carbocycles. The van der Waals surface area contributed by atoms with Crippen LogP contribution in [0.15, 0.2) is 47.4 Å². The molecule has 0 radical (unpaired) electrons. The lowest BCUT2D eigenvalue weighted by Gasteiger charge is -2.34. The SMILES string of the molecule is Cc1c(CC(=O)O)cc2ccc(F)cc2c1C(=O)N1CCN(Sc2ccc(F)cc2F)CC1. The molecule has 1 saturated heterocycles. The number of hydrogen-bond donors (Lipinski definition) is 1. The number of fused-ring (bicyclic) bond motifs is 1. The molecule has 3 aromatic rings. The van der Waals surface area contributed by atoms with E-state index in [4.69, 9.17) is 0 Å². The number of nitrogens with zero attached hydrogens (tertiary/aromatic N) is 2. The molecule has 0 aromatic heterocycles. The van der Waals surface area contributed by atoms with Gasteiger partial charge in [-0.05, 0) is 65.0 Å². The highest BCUT2D eigenvalue weighted by molar-refractivity contribution is 7.97. The Hall–Kier alpha value is -3.04. The van der Waals surface area contributed by atoms with Gasteiger partial charge in [0.2, 0.25) is 0 Å². The van der Waals surface area contributed by atoms with Crippen LogP contribution in [0.4, 0.5) is 13.2 Å². The highest BCUT2D eigenvalue weighted by Gasteiger charge is 2.27. The number of carbonyl (C=O) groups is 2. The summed E-state index contributed by atoms with van der Waals surface area (Å²) in [6.07, 6.45) is -0.243. The second-order valence-electron chi connectivity index (χ2n) is 7.86. The maximum atomic E-state index is 14.0. The molecule has 0 saturated carbocycles. The summed E-state index contributed by atoms with van der Waals surface area (Å²) in [6.45, 7) is 3.29. The number of rotatable bonds is 5. The molecule has 3 aromatic carbocycles. The summed E-state index contributed by atoms with van der Waals surface area (Å²) >= 11 is 1.17. The Morgan fingerprint density at radius 1 is 0.970 bits per heavy atom. The molecule has 1 aliphatic heterocycles. The molecule has 1 fully saturated rings. The number of hydrogen-bond acceptors (Lipinski definition) is 4. The van der Waals surface area contributed by atoms with E-state index in [0.717, 1.165) is 6.07 Å². The summed E-state index contributed by atoms with van der Waals surface area (Å²) < 4.78 is 43.0. The van der Waals surface area contributed by atoms with E-state index in [0.29, 0.717) is 58.5 Å². The molecule has 172 valence electrons. The predicted molar refractivity (Wildman–Crippen MR) is 120 cm³/mol. The van der Waals surface area contributed by atoms with Gasteiger partial charge < -0.3 is 10.0 Å². The highest BCUT2D eigenvalue weighted by Crippen LogP contribution is 2.30. The maximum Gasteiger partial charge on any atom is 0.307 e. The van der Waals surface area contributed by atoms with Gasteiger partial charge in [-0.3, -0.25) is 9.59 Å². The van der Waals surface area contributed by atoms with Crippen LogP contribution in [0.2, 0.25) is 0 Å². The van der Waals surface area contributed by atoms with E-state index in [9.17, 15) is 27.9 Å². The Kier molecular flexibility index (Phi) is 6.62. The third-order valence-corrected chi connectivity index (χ3v) is 6.82. The highest BCUT2D eigenvalue weighted by atomic mass is 32.2. The van der Waals surface area contributed by atoms with E-state index in [-0.39, 0.29) is 12.3 Å². The molecule has 0 spiro atoms. The fourth-order valence-electron chi connectivity index (χ4n) is 3.98. The fraction of sp³-hybridized carbons (Fsp3) is 0.250. The molecule has 0 unspecified atom stereocenters.